The van der Waals surface area contributed by atoms with Crippen LogP contribution in [0.4, 0.5) is 0 Å². The summed E-state index contributed by atoms with van der Waals surface area (Å²) in [7, 11) is 0. The Morgan fingerprint density at radius 1 is 0.580 bits per heavy atom. The van der Waals surface area contributed by atoms with E-state index in [-0.39, 0.29) is 24.8 Å². The molecule has 50 heavy (non-hydrogen) atoms. The Balaban J connectivity index is 0.000000187. The normalized spacial score (nSPS) is 14.3. The molecule has 2 aliphatic heterocycles. The van der Waals surface area contributed by atoms with Crippen molar-refractivity contribution in [3.63, 3.8) is 0 Å². The number of fused-ring (bicyclic) bond motifs is 2. The van der Waals surface area contributed by atoms with Crippen LogP contribution in [0.5, 0.6) is 5.75 Å². The van der Waals surface area contributed by atoms with Crippen molar-refractivity contribution in [1.29, 1.82) is 0 Å². The average Bonchev–Trinajstić information content (AvgIpc) is 3.16. The fourth-order valence-corrected chi connectivity index (χ4v) is 6.41. The van der Waals surface area contributed by atoms with Crippen LogP contribution in [0.15, 0.2) is 118 Å². The van der Waals surface area contributed by atoms with Crippen LogP contribution in [0.3, 0.4) is 0 Å². The van der Waals surface area contributed by atoms with Gasteiger partial charge in [-0.3, -0.25) is 0 Å². The first-order valence-electron chi connectivity index (χ1n) is 16.5. The van der Waals surface area contributed by atoms with Crippen LogP contribution >= 0.6 is 11.6 Å². The molecule has 0 N–H and O–H groups in total. The Morgan fingerprint density at radius 3 is 1.54 bits per heavy atom. The predicted molar refractivity (Wildman–Crippen MR) is 191 cm³/mol. The number of ether oxygens (including phenoxy) is 3. The maximum absolute atomic E-state index is 6.52. The molecule has 0 amide bonds. The van der Waals surface area contributed by atoms with Crippen molar-refractivity contribution < 1.29 is 47.9 Å². The molecule has 0 aliphatic carbocycles. The first kappa shape index (κ1) is 37.2. The molecule has 260 valence electrons. The molecule has 6 aromatic rings. The molecule has 10 heteroatoms. The molecule has 2 aliphatic rings. The van der Waals surface area contributed by atoms with Gasteiger partial charge < -0.3 is 47.9 Å². The molecular formula is C40H39Cl3N2O5. The molecule has 4 aromatic carbocycles. The van der Waals surface area contributed by atoms with Gasteiger partial charge in [0.25, 0.3) is 0 Å². The smallest absolute Gasteiger partial charge is 0.371 e. The number of hydrogen-bond acceptors (Lipinski definition) is 5. The highest BCUT2D eigenvalue weighted by Gasteiger charge is 2.19. The van der Waals surface area contributed by atoms with E-state index in [4.69, 9.17) is 34.6 Å². The van der Waals surface area contributed by atoms with Crippen LogP contribution in [0, 0.1) is 0 Å². The summed E-state index contributed by atoms with van der Waals surface area (Å²) in [5.41, 5.74) is 7.72. The van der Waals surface area contributed by atoms with Gasteiger partial charge in [0.2, 0.25) is 0 Å². The van der Waals surface area contributed by atoms with Crippen LogP contribution in [-0.4, -0.2) is 59.2 Å². The summed E-state index contributed by atoms with van der Waals surface area (Å²) in [6.07, 6.45) is 0. The van der Waals surface area contributed by atoms with E-state index in [1.165, 1.54) is 0 Å². The number of nitrogens with zero attached hydrogens (tertiary/aromatic N) is 2. The lowest BCUT2D eigenvalue weighted by Gasteiger charge is -2.12. The lowest BCUT2D eigenvalue weighted by atomic mass is 10.0. The fourth-order valence-electron chi connectivity index (χ4n) is 6.16. The number of para-hydroxylation sites is 2. The zero-order valence-electron chi connectivity index (χ0n) is 27.8. The molecule has 7 nitrogen and oxygen atoms in total. The monoisotopic (exact) mass is 732 g/mol. The van der Waals surface area contributed by atoms with Gasteiger partial charge in [-0.2, -0.15) is 9.15 Å². The second kappa shape index (κ2) is 17.7. The number of benzene rings is 4. The topological polar surface area (TPSA) is 60.0 Å². The minimum Gasteiger partial charge on any atom is -1.00 e. The van der Waals surface area contributed by atoms with Crippen molar-refractivity contribution in [3.8, 4) is 28.0 Å². The van der Waals surface area contributed by atoms with Gasteiger partial charge in [0, 0.05) is 16.5 Å². The molecule has 0 unspecified atom stereocenters. The Bertz CT molecular complexity index is 2170. The molecule has 2 saturated heterocycles. The summed E-state index contributed by atoms with van der Waals surface area (Å²) in [5.74, 6) is 0.864. The van der Waals surface area contributed by atoms with Gasteiger partial charge in [0.15, 0.2) is 31.8 Å². The zero-order valence-corrected chi connectivity index (χ0v) is 30.1. The van der Waals surface area contributed by atoms with Crippen molar-refractivity contribution in [2.75, 3.05) is 59.2 Å². The Kier molecular flexibility index (Phi) is 13.2. The predicted octanol–water partition coefficient (Wildman–Crippen LogP) is 0.865. The number of halogens is 3. The highest BCUT2D eigenvalue weighted by Crippen LogP contribution is 2.33. The van der Waals surface area contributed by atoms with Crippen molar-refractivity contribution in [2.45, 2.75) is 6.92 Å². The Labute approximate surface area is 308 Å². The first-order valence-corrected chi connectivity index (χ1v) is 16.9. The van der Waals surface area contributed by atoms with Gasteiger partial charge in [-0.1, -0.05) is 96.5 Å². The van der Waals surface area contributed by atoms with E-state index in [0.29, 0.717) is 24.8 Å². The van der Waals surface area contributed by atoms with Gasteiger partial charge in [-0.25, -0.2) is 0 Å². The van der Waals surface area contributed by atoms with E-state index >= 15 is 0 Å². The summed E-state index contributed by atoms with van der Waals surface area (Å²) < 4.78 is 33.8. The maximum atomic E-state index is 6.52. The third kappa shape index (κ3) is 8.26. The second-order valence-electron chi connectivity index (χ2n) is 11.6. The van der Waals surface area contributed by atoms with Crippen molar-refractivity contribution in [3.05, 3.63) is 125 Å². The van der Waals surface area contributed by atoms with E-state index < -0.39 is 0 Å². The summed E-state index contributed by atoms with van der Waals surface area (Å²) in [6, 6.07) is 36.8. The first-order chi connectivity index (χ1) is 23.7. The van der Waals surface area contributed by atoms with E-state index in [1.807, 2.05) is 67.6 Å². The molecule has 8 rings (SSSR count). The number of morpholine rings is 2. The van der Waals surface area contributed by atoms with Crippen molar-refractivity contribution in [1.82, 2.24) is 9.15 Å². The Hall–Kier alpha value is -4.11. The fraction of sp³-hybridized carbons (Fsp3) is 0.250. The molecule has 2 aromatic heterocycles. The van der Waals surface area contributed by atoms with Crippen LogP contribution in [0.1, 0.15) is 6.92 Å². The molecule has 2 fully saturated rings. The molecule has 0 atom stereocenters. The van der Waals surface area contributed by atoms with Gasteiger partial charge >= 0.3 is 11.1 Å². The lowest BCUT2D eigenvalue weighted by Crippen LogP contribution is -3.00. The number of hydrogen-bond donors (Lipinski definition) is 0. The minimum absolute atomic E-state index is 0. The summed E-state index contributed by atoms with van der Waals surface area (Å²) in [6.45, 7) is 8.79. The highest BCUT2D eigenvalue weighted by atomic mass is 35.5. The number of rotatable bonds is 4. The third-order valence-electron chi connectivity index (χ3n) is 8.59. The third-order valence-corrected chi connectivity index (χ3v) is 8.90. The standard InChI is InChI=1S/C21H22NO3.C19H17ClNO2.2ClH/c1-2-24-19-15-20(22-11-13-23-14-12-22)25-21-17(9-6-10-18(19)21)16-7-4-3-5-8-16;20-17-13-18(21-9-11-22-12-10-21)23-19-15(7-4-8-16(17)19)14-5-2-1-3-6-14;;/h3-10,15H,2,11-14H2,1H3;1-8,13H,9-12H2;2*1H/q2*+1;;/p-2. The van der Waals surface area contributed by atoms with E-state index in [1.54, 1.807) is 0 Å². The average molecular weight is 734 g/mol. The van der Waals surface area contributed by atoms with Gasteiger partial charge in [0.1, 0.15) is 37.8 Å². The molecule has 0 bridgehead atoms. The van der Waals surface area contributed by atoms with Crippen LogP contribution in [0.2, 0.25) is 5.02 Å². The summed E-state index contributed by atoms with van der Waals surface area (Å²) in [5, 5.41) is 2.65. The molecule has 0 radical (unpaired) electrons. The van der Waals surface area contributed by atoms with Gasteiger partial charge in [-0.05, 0) is 30.2 Å². The van der Waals surface area contributed by atoms with Crippen molar-refractivity contribution in [2.24, 2.45) is 0 Å². The molecular weight excluding hydrogens is 695 g/mol. The van der Waals surface area contributed by atoms with Gasteiger partial charge in [-0.15, -0.1) is 0 Å². The van der Waals surface area contributed by atoms with Crippen molar-refractivity contribution >= 4 is 33.5 Å². The highest BCUT2D eigenvalue weighted by molar-refractivity contribution is 6.35. The second-order valence-corrected chi connectivity index (χ2v) is 12.0. The van der Waals surface area contributed by atoms with E-state index in [0.717, 1.165) is 100 Å². The summed E-state index contributed by atoms with van der Waals surface area (Å²) >= 11 is 6.52. The quantitative estimate of drug-likeness (QED) is 0.252. The molecule has 4 heterocycles. The molecule has 0 spiro atoms. The van der Waals surface area contributed by atoms with Crippen LogP contribution < -0.4 is 49.8 Å². The van der Waals surface area contributed by atoms with E-state index in [9.17, 15) is 0 Å². The zero-order chi connectivity index (χ0) is 32.7. The maximum Gasteiger partial charge on any atom is 0.371 e. The Morgan fingerprint density at radius 2 is 1.04 bits per heavy atom. The van der Waals surface area contributed by atoms with Crippen LogP contribution in [0.25, 0.3) is 44.2 Å². The minimum atomic E-state index is 0. The van der Waals surface area contributed by atoms with Gasteiger partial charge in [0.05, 0.1) is 29.1 Å². The summed E-state index contributed by atoms with van der Waals surface area (Å²) in [4.78, 5) is 0. The SMILES string of the molecule is CCOc1cc(=[N+]2CCOCC2)oc2c(-c3ccccc3)cccc12.Clc1cc(=[N+]2CCOCC2)oc2c(-c3ccccc3)cccc12.[Cl-].[Cl-]. The van der Waals surface area contributed by atoms with E-state index in [2.05, 4.69) is 57.7 Å². The molecule has 0 saturated carbocycles. The lowest BCUT2D eigenvalue weighted by molar-refractivity contribution is -0.00100. The largest absolute Gasteiger partial charge is 1.00 e. The van der Waals surface area contributed by atoms with Crippen LogP contribution in [-0.2, 0) is 9.47 Å².